The molecular formula is C19H27F3IN5O2S. The summed E-state index contributed by atoms with van der Waals surface area (Å²) in [6.07, 6.45) is 4.81. The van der Waals surface area contributed by atoms with Crippen molar-refractivity contribution in [1.29, 1.82) is 0 Å². The average Bonchev–Trinajstić information content (AvgIpc) is 3.26. The topological polar surface area (TPSA) is 77.0 Å². The van der Waals surface area contributed by atoms with Crippen LogP contribution in [0.25, 0.3) is 0 Å². The highest BCUT2D eigenvalue weighted by atomic mass is 127. The molecule has 0 aromatic heterocycles. The fraction of sp³-hybridized carbons (Fsp3) is 0.526. The van der Waals surface area contributed by atoms with Gasteiger partial charge in [0.2, 0.25) is 0 Å². The third kappa shape index (κ3) is 6.48. The molecule has 12 heteroatoms. The monoisotopic (exact) mass is 573 g/mol. The van der Waals surface area contributed by atoms with Gasteiger partial charge in [-0.05, 0) is 30.5 Å². The summed E-state index contributed by atoms with van der Waals surface area (Å²) in [5.41, 5.74) is -3.03. The van der Waals surface area contributed by atoms with Crippen LogP contribution in [0.3, 0.4) is 0 Å². The highest BCUT2D eigenvalue weighted by Gasteiger charge is 2.50. The van der Waals surface area contributed by atoms with Crippen LogP contribution in [-0.4, -0.2) is 63.5 Å². The highest BCUT2D eigenvalue weighted by Crippen LogP contribution is 2.29. The average molecular weight is 573 g/mol. The normalized spacial score (nSPS) is 18.7. The van der Waals surface area contributed by atoms with Gasteiger partial charge in [0.05, 0.1) is 0 Å². The van der Waals surface area contributed by atoms with E-state index in [2.05, 4.69) is 44.8 Å². The Morgan fingerprint density at radius 1 is 1.13 bits per heavy atom. The number of piperidine rings is 1. The second-order valence-electron chi connectivity index (χ2n) is 7.24. The van der Waals surface area contributed by atoms with Gasteiger partial charge in [-0.25, -0.2) is 8.42 Å². The maximum absolute atomic E-state index is 12.7. The van der Waals surface area contributed by atoms with Crippen LogP contribution >= 0.6 is 24.0 Å². The molecular weight excluding hydrogens is 546 g/mol. The largest absolute Gasteiger partial charge is 0.511 e. The molecule has 2 N–H and O–H groups in total. The number of halogens is 4. The number of alkyl halides is 3. The molecule has 0 aliphatic carbocycles. The van der Waals surface area contributed by atoms with E-state index >= 15 is 0 Å². The number of anilines is 1. The lowest BCUT2D eigenvalue weighted by molar-refractivity contribution is -0.0494. The van der Waals surface area contributed by atoms with Crippen LogP contribution in [0.2, 0.25) is 0 Å². The van der Waals surface area contributed by atoms with Crippen molar-refractivity contribution in [1.82, 2.24) is 14.9 Å². The molecule has 0 bridgehead atoms. The molecule has 2 heterocycles. The van der Waals surface area contributed by atoms with Gasteiger partial charge in [0, 0.05) is 51.5 Å². The molecule has 0 saturated carbocycles. The van der Waals surface area contributed by atoms with Crippen LogP contribution in [0, 0.1) is 0 Å². The summed E-state index contributed by atoms with van der Waals surface area (Å²) in [7, 11) is -3.65. The van der Waals surface area contributed by atoms with Crippen molar-refractivity contribution >= 4 is 45.6 Å². The molecule has 3 rings (SSSR count). The predicted octanol–water partition coefficient (Wildman–Crippen LogP) is 2.66. The van der Waals surface area contributed by atoms with Crippen LogP contribution in [0.1, 0.15) is 18.4 Å². The number of nitrogens with zero attached hydrogens (tertiary/aromatic N) is 3. The van der Waals surface area contributed by atoms with E-state index in [4.69, 9.17) is 0 Å². The summed E-state index contributed by atoms with van der Waals surface area (Å²) in [5.74, 6) is 0.528. The summed E-state index contributed by atoms with van der Waals surface area (Å²) in [4.78, 5) is 6.40. The smallest absolute Gasteiger partial charge is 0.364 e. The van der Waals surface area contributed by atoms with Crippen LogP contribution in [-0.2, 0) is 16.6 Å². The molecule has 7 nitrogen and oxygen atoms in total. The Morgan fingerprint density at radius 2 is 1.71 bits per heavy atom. The lowest BCUT2D eigenvalue weighted by atomic mass is 10.1. The van der Waals surface area contributed by atoms with Gasteiger partial charge >= 0.3 is 15.5 Å². The fourth-order valence-corrected chi connectivity index (χ4v) is 4.46. The summed E-state index contributed by atoms with van der Waals surface area (Å²) in [6.45, 7) is 2.01. The molecule has 0 spiro atoms. The van der Waals surface area contributed by atoms with Crippen molar-refractivity contribution in [3.63, 3.8) is 0 Å². The van der Waals surface area contributed by atoms with Crippen molar-refractivity contribution in [2.75, 3.05) is 38.1 Å². The minimum absolute atomic E-state index is 0. The number of benzene rings is 1. The van der Waals surface area contributed by atoms with Crippen LogP contribution in [0.15, 0.2) is 41.4 Å². The first-order valence-electron chi connectivity index (χ1n) is 9.73. The minimum Gasteiger partial charge on any atom is -0.364 e. The second kappa shape index (κ2) is 10.9. The Labute approximate surface area is 197 Å². The third-order valence-corrected chi connectivity index (χ3v) is 6.86. The van der Waals surface area contributed by atoms with Crippen molar-refractivity contribution in [2.24, 2.45) is 4.99 Å². The fourth-order valence-electron chi connectivity index (χ4n) is 3.47. The Balaban J connectivity index is 0.00000341. The van der Waals surface area contributed by atoms with Crippen LogP contribution in [0.4, 0.5) is 18.9 Å². The molecule has 31 heavy (non-hydrogen) atoms. The quantitative estimate of drug-likeness (QED) is 0.245. The molecule has 0 radical (unpaired) electrons. The van der Waals surface area contributed by atoms with Gasteiger partial charge in [0.25, 0.3) is 0 Å². The first-order chi connectivity index (χ1) is 14.2. The van der Waals surface area contributed by atoms with Crippen molar-refractivity contribution < 1.29 is 21.6 Å². The summed E-state index contributed by atoms with van der Waals surface area (Å²) >= 11 is 0. The van der Waals surface area contributed by atoms with E-state index in [9.17, 15) is 21.6 Å². The van der Waals surface area contributed by atoms with Crippen LogP contribution < -0.4 is 15.5 Å². The summed E-state index contributed by atoms with van der Waals surface area (Å²) in [5, 5.41) is 6.35. The van der Waals surface area contributed by atoms with Gasteiger partial charge in [0.15, 0.2) is 5.96 Å². The van der Waals surface area contributed by atoms with E-state index < -0.39 is 15.5 Å². The van der Waals surface area contributed by atoms with E-state index in [0.717, 1.165) is 24.3 Å². The zero-order valence-corrected chi connectivity index (χ0v) is 20.2. The number of rotatable bonds is 5. The van der Waals surface area contributed by atoms with Gasteiger partial charge in [-0.1, -0.05) is 24.3 Å². The lowest BCUT2D eigenvalue weighted by Crippen LogP contribution is -2.51. The number of hydrogen-bond donors (Lipinski definition) is 2. The Morgan fingerprint density at radius 3 is 2.23 bits per heavy atom. The summed E-state index contributed by atoms with van der Waals surface area (Å²) in [6, 6.07) is 8.05. The Hall–Kier alpha value is -1.54. The van der Waals surface area contributed by atoms with E-state index in [1.54, 1.807) is 7.05 Å². The molecule has 1 saturated heterocycles. The molecule has 2 aliphatic heterocycles. The van der Waals surface area contributed by atoms with Crippen LogP contribution in [0.5, 0.6) is 0 Å². The number of sulfonamides is 1. The van der Waals surface area contributed by atoms with E-state index in [0.29, 0.717) is 16.8 Å². The Bertz CT molecular complexity index is 875. The minimum atomic E-state index is -5.26. The first kappa shape index (κ1) is 25.7. The molecule has 174 valence electrons. The Kier molecular flexibility index (Phi) is 9.01. The van der Waals surface area contributed by atoms with Gasteiger partial charge in [-0.2, -0.15) is 17.5 Å². The highest BCUT2D eigenvalue weighted by molar-refractivity contribution is 14.0. The zero-order chi connectivity index (χ0) is 21.8. The molecule has 0 unspecified atom stereocenters. The molecule has 2 aliphatic rings. The zero-order valence-electron chi connectivity index (χ0n) is 17.1. The second-order valence-corrected chi connectivity index (χ2v) is 9.17. The third-order valence-electron chi connectivity index (χ3n) is 5.23. The number of nitrogens with one attached hydrogen (secondary N) is 2. The molecule has 1 fully saturated rings. The predicted molar refractivity (Wildman–Crippen MR) is 126 cm³/mol. The molecule has 1 aromatic carbocycles. The van der Waals surface area contributed by atoms with Gasteiger partial charge in [-0.15, -0.1) is 24.0 Å². The standard InChI is InChI=1S/C19H26F3N5O2S.HI/c1-23-18(24-14-15-4-6-17(7-5-15)26-10-2-3-11-26)25-16-8-12-27(13-9-16)30(28,29)19(20,21)22;/h2-7,16H,8-14H2,1H3,(H2,23,24,25);1H. The van der Waals surface area contributed by atoms with Gasteiger partial charge < -0.3 is 15.5 Å². The number of hydrogen-bond acceptors (Lipinski definition) is 4. The number of guanidine groups is 1. The van der Waals surface area contributed by atoms with Gasteiger partial charge in [-0.3, -0.25) is 4.99 Å². The number of aliphatic imine (C=N–C) groups is 1. The maximum Gasteiger partial charge on any atom is 0.511 e. The molecule has 1 aromatic rings. The molecule has 0 atom stereocenters. The van der Waals surface area contributed by atoms with Crippen molar-refractivity contribution in [3.05, 3.63) is 42.0 Å². The summed E-state index contributed by atoms with van der Waals surface area (Å²) < 4.78 is 61.5. The first-order valence-corrected chi connectivity index (χ1v) is 11.2. The lowest BCUT2D eigenvalue weighted by Gasteiger charge is -2.32. The van der Waals surface area contributed by atoms with E-state index in [1.165, 1.54) is 0 Å². The maximum atomic E-state index is 12.7. The SMILES string of the molecule is CN=C(NCc1ccc(N2CC=CC2)cc1)NC1CCN(S(=O)(=O)C(F)(F)F)CC1.I. The van der Waals surface area contributed by atoms with E-state index in [1.807, 2.05) is 12.1 Å². The van der Waals surface area contributed by atoms with Crippen molar-refractivity contribution in [2.45, 2.75) is 30.9 Å². The van der Waals surface area contributed by atoms with Crippen molar-refractivity contribution in [3.8, 4) is 0 Å². The van der Waals surface area contributed by atoms with E-state index in [-0.39, 0.29) is 55.9 Å². The van der Waals surface area contributed by atoms with Gasteiger partial charge in [0.1, 0.15) is 0 Å². The molecule has 0 amide bonds.